The van der Waals surface area contributed by atoms with E-state index in [2.05, 4.69) is 20.5 Å². The van der Waals surface area contributed by atoms with Crippen LogP contribution in [0.5, 0.6) is 0 Å². The zero-order valence-corrected chi connectivity index (χ0v) is 16.5. The number of carbonyl (C=O) groups is 1. The minimum atomic E-state index is -0.0222. The zero-order chi connectivity index (χ0) is 19.7. The first-order valence-electron chi connectivity index (χ1n) is 9.32. The highest BCUT2D eigenvalue weighted by molar-refractivity contribution is 6.30. The summed E-state index contributed by atoms with van der Waals surface area (Å²) in [4.78, 5) is 19.0. The van der Waals surface area contributed by atoms with Crippen molar-refractivity contribution in [2.45, 2.75) is 38.6 Å². The van der Waals surface area contributed by atoms with Crippen molar-refractivity contribution in [1.82, 2.24) is 30.0 Å². The normalized spacial score (nSPS) is 17.3. The van der Waals surface area contributed by atoms with E-state index < -0.39 is 0 Å². The summed E-state index contributed by atoms with van der Waals surface area (Å²) in [6.07, 6.45) is 3.61. The Morgan fingerprint density at radius 2 is 2.21 bits per heavy atom. The molecule has 8 nitrogen and oxygen atoms in total. The lowest BCUT2D eigenvalue weighted by molar-refractivity contribution is 0.0672. The number of hydrogen-bond donors (Lipinski definition) is 0. The van der Waals surface area contributed by atoms with Crippen molar-refractivity contribution in [3.05, 3.63) is 46.9 Å². The van der Waals surface area contributed by atoms with Crippen LogP contribution in [0, 0.1) is 0 Å². The Hall–Kier alpha value is -2.74. The molecule has 28 heavy (non-hydrogen) atoms. The summed E-state index contributed by atoms with van der Waals surface area (Å²) in [6.45, 7) is 5.28. The molecule has 1 aliphatic heterocycles. The van der Waals surface area contributed by atoms with Gasteiger partial charge in [-0.05, 0) is 31.0 Å². The van der Waals surface area contributed by atoms with E-state index >= 15 is 0 Å². The molecular weight excluding hydrogens is 380 g/mol. The van der Waals surface area contributed by atoms with Gasteiger partial charge in [0.15, 0.2) is 11.5 Å². The van der Waals surface area contributed by atoms with Crippen molar-refractivity contribution in [1.29, 1.82) is 0 Å². The largest absolute Gasteiger partial charge is 0.337 e. The number of benzene rings is 1. The molecule has 0 N–H and O–H groups in total. The van der Waals surface area contributed by atoms with Gasteiger partial charge in [0, 0.05) is 29.6 Å². The van der Waals surface area contributed by atoms with Crippen molar-refractivity contribution >= 4 is 17.5 Å². The van der Waals surface area contributed by atoms with Gasteiger partial charge in [0.05, 0.1) is 12.2 Å². The van der Waals surface area contributed by atoms with Gasteiger partial charge in [-0.2, -0.15) is 4.98 Å². The third-order valence-corrected chi connectivity index (χ3v) is 5.05. The average molecular weight is 401 g/mol. The lowest BCUT2D eigenvalue weighted by Gasteiger charge is -2.32. The molecule has 3 aromatic rings. The lowest BCUT2D eigenvalue weighted by atomic mass is 10.0. The van der Waals surface area contributed by atoms with Gasteiger partial charge in [-0.1, -0.05) is 41.9 Å². The topological polar surface area (TPSA) is 89.9 Å². The summed E-state index contributed by atoms with van der Waals surface area (Å²) in [5, 5.41) is 12.9. The highest BCUT2D eigenvalue weighted by Crippen LogP contribution is 2.25. The van der Waals surface area contributed by atoms with E-state index in [-0.39, 0.29) is 17.9 Å². The molecule has 0 bridgehead atoms. The highest BCUT2D eigenvalue weighted by Gasteiger charge is 2.27. The molecule has 1 aliphatic rings. The molecule has 0 spiro atoms. The van der Waals surface area contributed by atoms with E-state index in [4.69, 9.17) is 16.1 Å². The summed E-state index contributed by atoms with van der Waals surface area (Å²) in [6, 6.07) is 7.08. The highest BCUT2D eigenvalue weighted by atomic mass is 35.5. The molecule has 9 heteroatoms. The second-order valence-corrected chi connectivity index (χ2v) is 7.69. The number of hydrogen-bond acceptors (Lipinski definition) is 6. The average Bonchev–Trinajstić information content (AvgIpc) is 3.37. The molecule has 0 saturated carbocycles. The van der Waals surface area contributed by atoms with E-state index in [1.54, 1.807) is 35.1 Å². The Balaban J connectivity index is 1.49. The first-order valence-corrected chi connectivity index (χ1v) is 9.69. The van der Waals surface area contributed by atoms with Gasteiger partial charge in [0.1, 0.15) is 0 Å². The Morgan fingerprint density at radius 1 is 1.36 bits per heavy atom. The van der Waals surface area contributed by atoms with Crippen molar-refractivity contribution in [2.24, 2.45) is 0 Å². The Kier molecular flexibility index (Phi) is 5.13. The maximum absolute atomic E-state index is 12.8. The van der Waals surface area contributed by atoms with E-state index in [0.29, 0.717) is 41.1 Å². The first-order chi connectivity index (χ1) is 13.5. The fourth-order valence-corrected chi connectivity index (χ4v) is 3.48. The smallest absolute Gasteiger partial charge is 0.280 e. The second kappa shape index (κ2) is 7.71. The summed E-state index contributed by atoms with van der Waals surface area (Å²) >= 11 is 6.02. The van der Waals surface area contributed by atoms with Gasteiger partial charge < -0.3 is 9.42 Å². The number of halogens is 1. The Morgan fingerprint density at radius 3 is 2.96 bits per heavy atom. The van der Waals surface area contributed by atoms with E-state index in [1.807, 2.05) is 18.7 Å². The predicted molar refractivity (Wildman–Crippen MR) is 103 cm³/mol. The van der Waals surface area contributed by atoms with Gasteiger partial charge in [0.25, 0.3) is 11.8 Å². The quantitative estimate of drug-likeness (QED) is 0.664. The summed E-state index contributed by atoms with van der Waals surface area (Å²) in [7, 11) is 0. The molecule has 1 atom stereocenters. The molecule has 2 aromatic heterocycles. The van der Waals surface area contributed by atoms with Crippen molar-refractivity contribution in [3.63, 3.8) is 0 Å². The second-order valence-electron chi connectivity index (χ2n) is 7.25. The van der Waals surface area contributed by atoms with E-state index in [9.17, 15) is 4.79 Å². The van der Waals surface area contributed by atoms with Gasteiger partial charge in [-0.3, -0.25) is 4.79 Å². The van der Waals surface area contributed by atoms with Crippen LogP contribution >= 0.6 is 11.6 Å². The number of nitrogens with zero attached hydrogens (tertiary/aromatic N) is 6. The number of amides is 1. The van der Waals surface area contributed by atoms with Crippen LogP contribution in [-0.4, -0.2) is 49.0 Å². The minimum Gasteiger partial charge on any atom is -0.337 e. The maximum atomic E-state index is 12.8. The molecule has 1 fully saturated rings. The Labute approximate surface area is 167 Å². The standard InChI is InChI=1S/C19H21ClN6O2/c1-12(2)17-21-18(28-23-17)16-11-26(24-22-16)15-7-4-8-25(10-15)19(27)13-5-3-6-14(20)9-13/h3,5-6,9,11-12,15H,4,7-8,10H2,1-2H3/t15-/m1/s1. The lowest BCUT2D eigenvalue weighted by Crippen LogP contribution is -2.40. The van der Waals surface area contributed by atoms with E-state index in [0.717, 1.165) is 12.8 Å². The number of rotatable bonds is 4. The van der Waals surface area contributed by atoms with Crippen LogP contribution in [0.2, 0.25) is 5.02 Å². The third-order valence-electron chi connectivity index (χ3n) is 4.82. The van der Waals surface area contributed by atoms with Gasteiger partial charge in [-0.25, -0.2) is 4.68 Å². The molecule has 146 valence electrons. The van der Waals surface area contributed by atoms with Gasteiger partial charge in [-0.15, -0.1) is 5.10 Å². The van der Waals surface area contributed by atoms with Crippen LogP contribution < -0.4 is 0 Å². The summed E-state index contributed by atoms with van der Waals surface area (Å²) in [5.74, 6) is 1.15. The summed E-state index contributed by atoms with van der Waals surface area (Å²) < 4.78 is 7.07. The Bertz CT molecular complexity index is 982. The third kappa shape index (κ3) is 3.77. The number of likely N-dealkylation sites (tertiary alicyclic amines) is 1. The van der Waals surface area contributed by atoms with Crippen molar-refractivity contribution in [3.8, 4) is 11.6 Å². The number of carbonyl (C=O) groups excluding carboxylic acids is 1. The fraction of sp³-hybridized carbons (Fsp3) is 0.421. The zero-order valence-electron chi connectivity index (χ0n) is 15.7. The number of piperidine rings is 1. The van der Waals surface area contributed by atoms with Gasteiger partial charge >= 0.3 is 0 Å². The van der Waals surface area contributed by atoms with Crippen LogP contribution in [0.3, 0.4) is 0 Å². The van der Waals surface area contributed by atoms with Crippen LogP contribution in [0.25, 0.3) is 11.6 Å². The molecule has 1 amide bonds. The monoisotopic (exact) mass is 400 g/mol. The van der Waals surface area contributed by atoms with Crippen LogP contribution in [0.1, 0.15) is 54.8 Å². The summed E-state index contributed by atoms with van der Waals surface area (Å²) in [5.41, 5.74) is 1.14. The number of aromatic nitrogens is 5. The molecule has 1 aromatic carbocycles. The molecule has 0 radical (unpaired) electrons. The van der Waals surface area contributed by atoms with Crippen LogP contribution in [0.15, 0.2) is 35.0 Å². The maximum Gasteiger partial charge on any atom is 0.280 e. The van der Waals surface area contributed by atoms with Crippen molar-refractivity contribution < 1.29 is 9.32 Å². The van der Waals surface area contributed by atoms with Crippen LogP contribution in [0.4, 0.5) is 0 Å². The molecule has 0 aliphatic carbocycles. The van der Waals surface area contributed by atoms with E-state index in [1.165, 1.54) is 0 Å². The van der Waals surface area contributed by atoms with Crippen molar-refractivity contribution in [2.75, 3.05) is 13.1 Å². The fourth-order valence-electron chi connectivity index (χ4n) is 3.29. The molecular formula is C19H21ClN6O2. The SMILES string of the molecule is CC(C)c1noc(-c2cn([C@@H]3CCCN(C(=O)c4cccc(Cl)c4)C3)nn2)n1. The molecule has 0 unspecified atom stereocenters. The predicted octanol–water partition coefficient (Wildman–Crippen LogP) is 3.58. The minimum absolute atomic E-state index is 0.0222. The first kappa shape index (κ1) is 18.6. The molecule has 3 heterocycles. The molecule has 1 saturated heterocycles. The van der Waals surface area contributed by atoms with Gasteiger partial charge in [0.2, 0.25) is 0 Å². The van der Waals surface area contributed by atoms with Crippen LogP contribution in [-0.2, 0) is 0 Å². The molecule has 4 rings (SSSR count).